The number of carbonyl (C=O) groups is 2. The molecule has 2 amide bonds. The van der Waals surface area contributed by atoms with E-state index in [2.05, 4.69) is 15.6 Å². The van der Waals surface area contributed by atoms with Crippen LogP contribution in [0.5, 0.6) is 0 Å². The van der Waals surface area contributed by atoms with Crippen LogP contribution >= 0.6 is 11.6 Å². The highest BCUT2D eigenvalue weighted by molar-refractivity contribution is 6.31. The smallest absolute Gasteiger partial charge is 0.308 e. The van der Waals surface area contributed by atoms with Crippen molar-refractivity contribution in [2.24, 2.45) is 0 Å². The van der Waals surface area contributed by atoms with E-state index in [1.54, 1.807) is 30.3 Å². The van der Waals surface area contributed by atoms with Gasteiger partial charge >= 0.3 is 12.2 Å². The average molecular weight is 420 g/mol. The van der Waals surface area contributed by atoms with Crippen molar-refractivity contribution in [1.29, 1.82) is 0 Å². The van der Waals surface area contributed by atoms with Gasteiger partial charge in [0.2, 0.25) is 0 Å². The molecule has 0 aliphatic heterocycles. The maximum Gasteiger partial charge on any atom is 0.417 e. The molecular weight excluding hydrogens is 407 g/mol. The Balaban J connectivity index is 1.73. The fraction of sp³-hybridized carbons (Fsp3) is 0.0500. The van der Waals surface area contributed by atoms with Gasteiger partial charge in [-0.05, 0) is 42.5 Å². The number of pyridine rings is 1. The Hall–Kier alpha value is -3.39. The summed E-state index contributed by atoms with van der Waals surface area (Å²) in [6, 6.07) is 11.6. The Morgan fingerprint density at radius 1 is 0.862 bits per heavy atom. The first-order valence-corrected chi connectivity index (χ1v) is 8.61. The molecular formula is C20H13ClF3N3O2. The number of nitrogens with one attached hydrogen (secondary N) is 2. The van der Waals surface area contributed by atoms with E-state index < -0.39 is 22.8 Å². The van der Waals surface area contributed by atoms with E-state index >= 15 is 0 Å². The SMILES string of the molecule is O=C(Nc1cccc(C(=O)c2ccncc2)c1)Nc1ccc(Cl)c(C(F)(F)F)c1. The van der Waals surface area contributed by atoms with Crippen LogP contribution < -0.4 is 10.6 Å². The van der Waals surface area contributed by atoms with Crippen LogP contribution in [0, 0.1) is 0 Å². The molecule has 5 nitrogen and oxygen atoms in total. The summed E-state index contributed by atoms with van der Waals surface area (Å²) in [4.78, 5) is 28.5. The molecule has 0 atom stereocenters. The van der Waals surface area contributed by atoms with Gasteiger partial charge in [-0.15, -0.1) is 0 Å². The molecule has 0 saturated heterocycles. The van der Waals surface area contributed by atoms with Crippen LogP contribution in [-0.4, -0.2) is 16.8 Å². The van der Waals surface area contributed by atoms with Crippen molar-refractivity contribution < 1.29 is 22.8 Å². The highest BCUT2D eigenvalue weighted by Crippen LogP contribution is 2.36. The van der Waals surface area contributed by atoms with Gasteiger partial charge in [0.05, 0.1) is 10.6 Å². The van der Waals surface area contributed by atoms with Gasteiger partial charge in [-0.3, -0.25) is 9.78 Å². The maximum atomic E-state index is 12.9. The minimum Gasteiger partial charge on any atom is -0.308 e. The summed E-state index contributed by atoms with van der Waals surface area (Å²) in [6.45, 7) is 0. The van der Waals surface area contributed by atoms with E-state index in [1.807, 2.05) is 0 Å². The van der Waals surface area contributed by atoms with Gasteiger partial charge in [0.1, 0.15) is 0 Å². The number of alkyl halides is 3. The van der Waals surface area contributed by atoms with Crippen molar-refractivity contribution in [3.05, 3.63) is 88.7 Å². The molecule has 0 unspecified atom stereocenters. The number of ketones is 1. The lowest BCUT2D eigenvalue weighted by Gasteiger charge is -2.12. The summed E-state index contributed by atoms with van der Waals surface area (Å²) in [5.41, 5.74) is -0.0696. The fourth-order valence-electron chi connectivity index (χ4n) is 2.52. The third-order valence-electron chi connectivity index (χ3n) is 3.85. The summed E-state index contributed by atoms with van der Waals surface area (Å²) in [5, 5.41) is 4.32. The monoisotopic (exact) mass is 419 g/mol. The Morgan fingerprint density at radius 2 is 1.52 bits per heavy atom. The highest BCUT2D eigenvalue weighted by Gasteiger charge is 2.33. The van der Waals surface area contributed by atoms with E-state index in [0.717, 1.165) is 12.1 Å². The largest absolute Gasteiger partial charge is 0.417 e. The molecule has 0 bridgehead atoms. The lowest BCUT2D eigenvalue weighted by Crippen LogP contribution is -2.20. The van der Waals surface area contributed by atoms with Crippen molar-refractivity contribution in [3.8, 4) is 0 Å². The van der Waals surface area contributed by atoms with Crippen LogP contribution in [0.2, 0.25) is 5.02 Å². The van der Waals surface area contributed by atoms with Crippen LogP contribution in [0.15, 0.2) is 67.0 Å². The van der Waals surface area contributed by atoms with E-state index in [4.69, 9.17) is 11.6 Å². The number of anilines is 2. The standard InChI is InChI=1S/C20H13ClF3N3O2/c21-17-5-4-15(11-16(17)20(22,23)24)27-19(29)26-14-3-1-2-13(10-14)18(28)12-6-8-25-9-7-12/h1-11H,(H2,26,27,29). The number of aromatic nitrogens is 1. The molecule has 0 radical (unpaired) electrons. The van der Waals surface area contributed by atoms with Crippen molar-refractivity contribution in [2.45, 2.75) is 6.18 Å². The van der Waals surface area contributed by atoms with Gasteiger partial charge in [0.15, 0.2) is 5.78 Å². The van der Waals surface area contributed by atoms with Crippen LogP contribution in [0.4, 0.5) is 29.3 Å². The van der Waals surface area contributed by atoms with Gasteiger partial charge in [-0.25, -0.2) is 4.79 Å². The zero-order valence-electron chi connectivity index (χ0n) is 14.6. The molecule has 0 aliphatic rings. The Labute approximate surface area is 168 Å². The molecule has 0 aliphatic carbocycles. The van der Waals surface area contributed by atoms with E-state index in [9.17, 15) is 22.8 Å². The molecule has 3 aromatic rings. The van der Waals surface area contributed by atoms with Crippen LogP contribution in [0.1, 0.15) is 21.5 Å². The number of hydrogen-bond acceptors (Lipinski definition) is 3. The number of amides is 2. The average Bonchev–Trinajstić information content (AvgIpc) is 2.69. The first-order chi connectivity index (χ1) is 13.7. The van der Waals surface area contributed by atoms with Crippen molar-refractivity contribution in [3.63, 3.8) is 0 Å². The van der Waals surface area contributed by atoms with Gasteiger partial charge in [-0.1, -0.05) is 23.7 Å². The quantitative estimate of drug-likeness (QED) is 0.538. The summed E-state index contributed by atoms with van der Waals surface area (Å²) in [7, 11) is 0. The molecule has 1 heterocycles. The molecule has 0 saturated carbocycles. The van der Waals surface area contributed by atoms with Gasteiger partial charge in [-0.2, -0.15) is 13.2 Å². The number of hydrogen-bond donors (Lipinski definition) is 2. The van der Waals surface area contributed by atoms with E-state index in [1.165, 1.54) is 24.5 Å². The Bertz CT molecular complexity index is 1060. The minimum absolute atomic E-state index is 0.0803. The lowest BCUT2D eigenvalue weighted by atomic mass is 10.0. The molecule has 148 valence electrons. The number of carbonyl (C=O) groups excluding carboxylic acids is 2. The third kappa shape index (κ3) is 5.11. The topological polar surface area (TPSA) is 71.1 Å². The number of halogens is 4. The summed E-state index contributed by atoms with van der Waals surface area (Å²) >= 11 is 5.56. The minimum atomic E-state index is -4.65. The highest BCUT2D eigenvalue weighted by atomic mass is 35.5. The van der Waals surface area contributed by atoms with Gasteiger partial charge < -0.3 is 10.6 Å². The van der Waals surface area contributed by atoms with E-state index in [0.29, 0.717) is 16.8 Å². The predicted octanol–water partition coefficient (Wildman–Crippen LogP) is 5.63. The number of rotatable bonds is 4. The molecule has 29 heavy (non-hydrogen) atoms. The van der Waals surface area contributed by atoms with Crippen LogP contribution in [0.25, 0.3) is 0 Å². The summed E-state index contributed by atoms with van der Waals surface area (Å²) in [6.07, 6.45) is -1.67. The third-order valence-corrected chi connectivity index (χ3v) is 4.18. The molecule has 2 aromatic carbocycles. The molecule has 0 spiro atoms. The zero-order valence-corrected chi connectivity index (χ0v) is 15.4. The predicted molar refractivity (Wildman–Crippen MR) is 103 cm³/mol. The van der Waals surface area contributed by atoms with Gasteiger partial charge in [0.25, 0.3) is 0 Å². The number of urea groups is 1. The Kier molecular flexibility index (Phi) is 5.84. The van der Waals surface area contributed by atoms with E-state index in [-0.39, 0.29) is 11.5 Å². The molecule has 1 aromatic heterocycles. The first kappa shape index (κ1) is 20.3. The van der Waals surface area contributed by atoms with Gasteiger partial charge in [0, 0.05) is 34.9 Å². The lowest BCUT2D eigenvalue weighted by molar-refractivity contribution is -0.137. The fourth-order valence-corrected chi connectivity index (χ4v) is 2.75. The number of benzene rings is 2. The molecule has 0 fully saturated rings. The van der Waals surface area contributed by atoms with Crippen molar-refractivity contribution >= 4 is 34.8 Å². The molecule has 2 N–H and O–H groups in total. The zero-order chi connectivity index (χ0) is 21.0. The second-order valence-corrected chi connectivity index (χ2v) is 6.32. The number of nitrogens with zero attached hydrogens (tertiary/aromatic N) is 1. The van der Waals surface area contributed by atoms with Crippen LogP contribution in [-0.2, 0) is 6.18 Å². The summed E-state index contributed by atoms with van der Waals surface area (Å²) < 4.78 is 38.8. The second kappa shape index (κ2) is 8.32. The van der Waals surface area contributed by atoms with Crippen LogP contribution in [0.3, 0.4) is 0 Å². The van der Waals surface area contributed by atoms with Crippen molar-refractivity contribution in [1.82, 2.24) is 4.98 Å². The first-order valence-electron chi connectivity index (χ1n) is 8.23. The Morgan fingerprint density at radius 3 is 2.17 bits per heavy atom. The summed E-state index contributed by atoms with van der Waals surface area (Å²) in [5.74, 6) is -0.260. The maximum absolute atomic E-state index is 12.9. The normalized spacial score (nSPS) is 11.0. The second-order valence-electron chi connectivity index (χ2n) is 5.92. The molecule has 3 rings (SSSR count). The van der Waals surface area contributed by atoms with Crippen molar-refractivity contribution in [2.75, 3.05) is 10.6 Å². The molecule has 9 heteroatoms.